The lowest BCUT2D eigenvalue weighted by atomic mass is 9.47. The van der Waals surface area contributed by atoms with E-state index in [-0.39, 0.29) is 10.8 Å². The van der Waals surface area contributed by atoms with Gasteiger partial charge < -0.3 is 4.74 Å². The van der Waals surface area contributed by atoms with Crippen molar-refractivity contribution in [3.63, 3.8) is 0 Å². The van der Waals surface area contributed by atoms with Crippen LogP contribution in [0.1, 0.15) is 51.4 Å². The largest absolute Gasteiger partial charge is 0.380 e. The van der Waals surface area contributed by atoms with E-state index in [9.17, 15) is 5.26 Å². The second kappa shape index (κ2) is 3.74. The monoisotopic (exact) mass is 219 g/mol. The lowest BCUT2D eigenvalue weighted by Gasteiger charge is -2.60. The number of nitrogens with zero attached hydrogens (tertiary/aromatic N) is 1. The third-order valence-electron chi connectivity index (χ3n) is 5.48. The van der Waals surface area contributed by atoms with Crippen LogP contribution in [0.3, 0.4) is 0 Å². The van der Waals surface area contributed by atoms with Crippen LogP contribution in [0.4, 0.5) is 0 Å². The zero-order valence-electron chi connectivity index (χ0n) is 10.0. The van der Waals surface area contributed by atoms with E-state index in [1.54, 1.807) is 0 Å². The smallest absolute Gasteiger partial charge is 0.0697 e. The van der Waals surface area contributed by atoms with Crippen LogP contribution in [0.25, 0.3) is 0 Å². The number of ether oxygens (including phenoxy) is 1. The normalized spacial score (nSPS) is 32.2. The van der Waals surface area contributed by atoms with Crippen LogP contribution < -0.4 is 0 Å². The number of hydrogen-bond donors (Lipinski definition) is 0. The van der Waals surface area contributed by atoms with Gasteiger partial charge in [0.1, 0.15) is 0 Å². The van der Waals surface area contributed by atoms with Gasteiger partial charge in [0.15, 0.2) is 0 Å². The van der Waals surface area contributed by atoms with Gasteiger partial charge in [-0.1, -0.05) is 25.7 Å². The minimum Gasteiger partial charge on any atom is -0.380 e. The summed E-state index contributed by atoms with van der Waals surface area (Å²) >= 11 is 0. The van der Waals surface area contributed by atoms with E-state index in [4.69, 9.17) is 4.74 Å². The van der Waals surface area contributed by atoms with E-state index < -0.39 is 0 Å². The molecule has 2 nitrogen and oxygen atoms in total. The van der Waals surface area contributed by atoms with Gasteiger partial charge in [-0.3, -0.25) is 0 Å². The summed E-state index contributed by atoms with van der Waals surface area (Å²) in [7, 11) is 0. The summed E-state index contributed by atoms with van der Waals surface area (Å²) in [4.78, 5) is 0. The van der Waals surface area contributed by atoms with Gasteiger partial charge in [0.25, 0.3) is 0 Å². The molecule has 2 saturated carbocycles. The first kappa shape index (κ1) is 10.6. The number of rotatable bonds is 2. The van der Waals surface area contributed by atoms with Crippen LogP contribution in [-0.4, -0.2) is 13.2 Å². The van der Waals surface area contributed by atoms with Crippen molar-refractivity contribution >= 4 is 0 Å². The van der Waals surface area contributed by atoms with Crippen molar-refractivity contribution in [3.05, 3.63) is 0 Å². The predicted molar refractivity (Wildman–Crippen MR) is 61.7 cm³/mol. The molecule has 0 aromatic heterocycles. The quantitative estimate of drug-likeness (QED) is 0.714. The van der Waals surface area contributed by atoms with Gasteiger partial charge in [0.2, 0.25) is 0 Å². The number of nitriles is 1. The standard InChI is InChI=1S/C14H21NO/c15-9-13(7-4-8-13)14(10-16-11-14)12-5-2-1-3-6-12/h12H,1-8,10-11H2. The van der Waals surface area contributed by atoms with Gasteiger partial charge in [0, 0.05) is 5.41 Å². The molecule has 1 heterocycles. The summed E-state index contributed by atoms with van der Waals surface area (Å²) in [6.45, 7) is 1.73. The highest BCUT2D eigenvalue weighted by atomic mass is 16.5. The Balaban J connectivity index is 1.84. The minimum absolute atomic E-state index is 0.00669. The van der Waals surface area contributed by atoms with Crippen LogP contribution in [-0.2, 0) is 4.74 Å². The Morgan fingerprint density at radius 3 is 2.06 bits per heavy atom. The molecule has 0 aromatic rings. The third kappa shape index (κ3) is 1.21. The molecule has 2 heteroatoms. The van der Waals surface area contributed by atoms with Crippen molar-refractivity contribution in [2.45, 2.75) is 51.4 Å². The lowest BCUT2D eigenvalue weighted by molar-refractivity contribution is -0.224. The van der Waals surface area contributed by atoms with Gasteiger partial charge in [-0.15, -0.1) is 0 Å². The molecule has 3 rings (SSSR count). The van der Waals surface area contributed by atoms with Crippen LogP contribution >= 0.6 is 0 Å². The molecular formula is C14H21NO. The Morgan fingerprint density at radius 1 is 1.00 bits per heavy atom. The van der Waals surface area contributed by atoms with Crippen molar-refractivity contribution in [2.75, 3.05) is 13.2 Å². The Labute approximate surface area is 98.0 Å². The van der Waals surface area contributed by atoms with Crippen LogP contribution in [0, 0.1) is 28.1 Å². The van der Waals surface area contributed by atoms with Gasteiger partial charge >= 0.3 is 0 Å². The van der Waals surface area contributed by atoms with Crippen molar-refractivity contribution in [1.82, 2.24) is 0 Å². The zero-order valence-corrected chi connectivity index (χ0v) is 10.0. The second-order valence-electron chi connectivity index (χ2n) is 6.03. The summed E-state index contributed by atoms with van der Waals surface area (Å²) in [6, 6.07) is 2.67. The topological polar surface area (TPSA) is 33.0 Å². The van der Waals surface area contributed by atoms with Crippen molar-refractivity contribution in [2.24, 2.45) is 16.7 Å². The zero-order chi connectivity index (χ0) is 11.1. The van der Waals surface area contributed by atoms with Crippen LogP contribution in [0.2, 0.25) is 0 Å². The fourth-order valence-corrected chi connectivity index (χ4v) is 4.13. The molecule has 0 radical (unpaired) electrons. The Morgan fingerprint density at radius 2 is 1.69 bits per heavy atom. The molecule has 3 fully saturated rings. The Kier molecular flexibility index (Phi) is 2.47. The summed E-state index contributed by atoms with van der Waals surface area (Å²) < 4.78 is 5.52. The molecule has 88 valence electrons. The van der Waals surface area contributed by atoms with E-state index in [1.165, 1.54) is 38.5 Å². The molecule has 0 atom stereocenters. The molecule has 0 amide bonds. The molecule has 0 N–H and O–H groups in total. The molecule has 0 bridgehead atoms. The summed E-state index contributed by atoms with van der Waals surface area (Å²) in [5, 5.41) is 9.56. The molecule has 0 unspecified atom stereocenters. The Hall–Kier alpha value is -0.550. The van der Waals surface area contributed by atoms with Gasteiger partial charge in [-0.25, -0.2) is 0 Å². The highest BCUT2D eigenvalue weighted by Gasteiger charge is 2.62. The highest BCUT2D eigenvalue weighted by Crippen LogP contribution is 2.62. The SMILES string of the molecule is N#CC1(C2(C3CCCCC3)COC2)CCC1. The Bertz CT molecular complexity index is 303. The van der Waals surface area contributed by atoms with Gasteiger partial charge in [-0.2, -0.15) is 5.26 Å². The molecule has 16 heavy (non-hydrogen) atoms. The first-order chi connectivity index (χ1) is 7.83. The van der Waals surface area contributed by atoms with Gasteiger partial charge in [-0.05, 0) is 31.6 Å². The molecule has 3 aliphatic rings. The van der Waals surface area contributed by atoms with Crippen molar-refractivity contribution < 1.29 is 4.74 Å². The maximum atomic E-state index is 9.56. The first-order valence-electron chi connectivity index (χ1n) is 6.82. The average Bonchev–Trinajstić information content (AvgIpc) is 2.22. The summed E-state index contributed by atoms with van der Waals surface area (Å²) in [5.74, 6) is 0.773. The van der Waals surface area contributed by atoms with Crippen molar-refractivity contribution in [1.29, 1.82) is 5.26 Å². The maximum Gasteiger partial charge on any atom is 0.0697 e. The second-order valence-corrected chi connectivity index (χ2v) is 6.03. The molecule has 1 aliphatic heterocycles. The maximum absolute atomic E-state index is 9.56. The highest BCUT2D eigenvalue weighted by molar-refractivity contribution is 5.18. The fraction of sp³-hybridized carbons (Fsp3) is 0.929. The summed E-state index contributed by atoms with van der Waals surface area (Å²) in [6.07, 6.45) is 10.3. The molecule has 2 aliphatic carbocycles. The minimum atomic E-state index is -0.00669. The molecular weight excluding hydrogens is 198 g/mol. The fourth-order valence-electron chi connectivity index (χ4n) is 4.13. The van der Waals surface area contributed by atoms with Crippen molar-refractivity contribution in [3.8, 4) is 6.07 Å². The van der Waals surface area contributed by atoms with Gasteiger partial charge in [0.05, 0.1) is 24.7 Å². The third-order valence-corrected chi connectivity index (χ3v) is 5.48. The van der Waals surface area contributed by atoms with E-state index in [2.05, 4.69) is 6.07 Å². The number of hydrogen-bond acceptors (Lipinski definition) is 2. The lowest BCUT2D eigenvalue weighted by Crippen LogP contribution is -2.61. The average molecular weight is 219 g/mol. The van der Waals surface area contributed by atoms with Crippen LogP contribution in [0.15, 0.2) is 0 Å². The van der Waals surface area contributed by atoms with E-state index in [0.29, 0.717) is 0 Å². The predicted octanol–water partition coefficient (Wildman–Crippen LogP) is 3.28. The summed E-state index contributed by atoms with van der Waals surface area (Å²) in [5.41, 5.74) is 0.244. The molecule has 0 spiro atoms. The molecule has 0 aromatic carbocycles. The van der Waals surface area contributed by atoms with E-state index in [1.807, 2.05) is 0 Å². The molecule has 1 saturated heterocycles. The van der Waals surface area contributed by atoms with E-state index >= 15 is 0 Å². The van der Waals surface area contributed by atoms with E-state index in [0.717, 1.165) is 32.0 Å². The first-order valence-corrected chi connectivity index (χ1v) is 6.82. The van der Waals surface area contributed by atoms with Crippen LogP contribution in [0.5, 0.6) is 0 Å².